The zero-order valence-corrected chi connectivity index (χ0v) is 14.9. The number of rotatable bonds is 4. The van der Waals surface area contributed by atoms with E-state index in [2.05, 4.69) is 19.2 Å². The Hall–Kier alpha value is -1.62. The number of amides is 1. The fourth-order valence-electron chi connectivity index (χ4n) is 3.02. The van der Waals surface area contributed by atoms with Crippen LogP contribution in [-0.2, 0) is 9.53 Å². The van der Waals surface area contributed by atoms with E-state index >= 15 is 0 Å². The number of ether oxygens (including phenoxy) is 1. The Kier molecular flexibility index (Phi) is 6.21. The Morgan fingerprint density at radius 2 is 2.04 bits per heavy atom. The quantitative estimate of drug-likeness (QED) is 0.831. The zero-order valence-electron chi connectivity index (χ0n) is 14.1. The van der Waals surface area contributed by atoms with Crippen molar-refractivity contribution in [3.05, 3.63) is 34.6 Å². The minimum Gasteiger partial charge on any atom is -0.449 e. The molecule has 0 spiro atoms. The second kappa shape index (κ2) is 7.97. The summed E-state index contributed by atoms with van der Waals surface area (Å²) < 4.78 is 18.8. The van der Waals surface area contributed by atoms with Gasteiger partial charge < -0.3 is 10.1 Å². The van der Waals surface area contributed by atoms with Gasteiger partial charge in [-0.1, -0.05) is 38.3 Å². The highest BCUT2D eigenvalue weighted by Crippen LogP contribution is 2.29. The van der Waals surface area contributed by atoms with Crippen LogP contribution in [0.3, 0.4) is 0 Å². The van der Waals surface area contributed by atoms with Gasteiger partial charge in [0.25, 0.3) is 5.91 Å². The number of carbonyl (C=O) groups is 2. The van der Waals surface area contributed by atoms with E-state index in [-0.39, 0.29) is 22.5 Å². The molecule has 0 heterocycles. The first kappa shape index (κ1) is 18.7. The molecule has 4 nitrogen and oxygen atoms in total. The molecule has 24 heavy (non-hydrogen) atoms. The molecule has 1 aromatic carbocycles. The van der Waals surface area contributed by atoms with Crippen LogP contribution in [0.4, 0.5) is 4.39 Å². The van der Waals surface area contributed by atoms with Gasteiger partial charge in [0.15, 0.2) is 6.10 Å². The Labute approximate surface area is 146 Å². The number of halogens is 2. The van der Waals surface area contributed by atoms with E-state index in [1.165, 1.54) is 19.1 Å². The van der Waals surface area contributed by atoms with Gasteiger partial charge in [0, 0.05) is 11.1 Å². The molecule has 1 N–H and O–H groups in total. The van der Waals surface area contributed by atoms with E-state index in [0.29, 0.717) is 11.8 Å². The third kappa shape index (κ3) is 4.47. The first-order valence-electron chi connectivity index (χ1n) is 8.26. The second-order valence-corrected chi connectivity index (χ2v) is 6.99. The Bertz CT molecular complexity index is 622. The lowest BCUT2D eigenvalue weighted by atomic mass is 9.78. The molecule has 1 aliphatic carbocycles. The average molecular weight is 356 g/mol. The highest BCUT2D eigenvalue weighted by Gasteiger charge is 2.30. The Morgan fingerprint density at radius 1 is 1.33 bits per heavy atom. The number of carbonyl (C=O) groups excluding carboxylic acids is 2. The van der Waals surface area contributed by atoms with Crippen LogP contribution in [0.25, 0.3) is 0 Å². The molecule has 0 bridgehead atoms. The lowest BCUT2D eigenvalue weighted by Crippen LogP contribution is -2.47. The maximum Gasteiger partial charge on any atom is 0.341 e. The molecule has 1 saturated carbocycles. The summed E-state index contributed by atoms with van der Waals surface area (Å²) in [5.74, 6) is -1.08. The van der Waals surface area contributed by atoms with Crippen LogP contribution >= 0.6 is 11.6 Å². The molecular weight excluding hydrogens is 333 g/mol. The number of hydrogen-bond donors (Lipinski definition) is 1. The summed E-state index contributed by atoms with van der Waals surface area (Å²) in [6.07, 6.45) is 2.16. The summed E-state index contributed by atoms with van der Waals surface area (Å²) in [5, 5.41) is 3.14. The summed E-state index contributed by atoms with van der Waals surface area (Å²) >= 11 is 5.66. The van der Waals surface area contributed by atoms with Gasteiger partial charge in [-0.25, -0.2) is 9.18 Å². The fourth-order valence-corrected chi connectivity index (χ4v) is 3.18. The third-order valence-electron chi connectivity index (χ3n) is 4.84. The molecule has 1 aromatic rings. The van der Waals surface area contributed by atoms with E-state index in [0.717, 1.165) is 25.3 Å². The minimum atomic E-state index is -0.989. The minimum absolute atomic E-state index is 0.0784. The topological polar surface area (TPSA) is 55.4 Å². The summed E-state index contributed by atoms with van der Waals surface area (Å²) in [4.78, 5) is 24.3. The molecule has 1 aliphatic rings. The lowest BCUT2D eigenvalue weighted by molar-refractivity contribution is -0.130. The molecule has 132 valence electrons. The molecule has 0 aliphatic heterocycles. The summed E-state index contributed by atoms with van der Waals surface area (Å²) in [5.41, 5.74) is -0.237. The second-order valence-electron chi connectivity index (χ2n) is 6.55. The smallest absolute Gasteiger partial charge is 0.341 e. The molecule has 1 amide bonds. The molecule has 6 heteroatoms. The van der Waals surface area contributed by atoms with Crippen LogP contribution in [0.2, 0.25) is 5.02 Å². The van der Waals surface area contributed by atoms with Gasteiger partial charge in [0.1, 0.15) is 5.82 Å². The molecule has 1 fully saturated rings. The number of benzene rings is 1. The molecule has 0 radical (unpaired) electrons. The Balaban J connectivity index is 1.94. The highest BCUT2D eigenvalue weighted by molar-refractivity contribution is 6.30. The molecule has 2 rings (SSSR count). The van der Waals surface area contributed by atoms with Gasteiger partial charge >= 0.3 is 5.97 Å². The first-order valence-corrected chi connectivity index (χ1v) is 8.63. The predicted octanol–water partition coefficient (Wildman–Crippen LogP) is 3.97. The van der Waals surface area contributed by atoms with Crippen molar-refractivity contribution in [2.24, 2.45) is 11.8 Å². The van der Waals surface area contributed by atoms with Crippen LogP contribution in [0.15, 0.2) is 18.2 Å². The summed E-state index contributed by atoms with van der Waals surface area (Å²) in [6, 6.07) is 3.76. The van der Waals surface area contributed by atoms with Crippen molar-refractivity contribution in [2.75, 3.05) is 0 Å². The van der Waals surface area contributed by atoms with E-state index in [9.17, 15) is 14.0 Å². The zero-order chi connectivity index (χ0) is 17.9. The number of hydrogen-bond acceptors (Lipinski definition) is 3. The maximum absolute atomic E-state index is 13.7. The maximum atomic E-state index is 13.7. The standard InChI is InChI=1S/C18H23ClFNO3/c1-10-5-4-6-16(11(10)2)21-17(22)12(3)24-18(23)14-8-7-13(19)9-15(14)20/h7-12,16H,4-6H2,1-3H3,(H,21,22)/t10-,11-,12-,16-/m1/s1. The van der Waals surface area contributed by atoms with Crippen molar-refractivity contribution in [2.45, 2.75) is 52.2 Å². The van der Waals surface area contributed by atoms with E-state index in [1.54, 1.807) is 0 Å². The van der Waals surface area contributed by atoms with Crippen LogP contribution < -0.4 is 5.32 Å². The lowest BCUT2D eigenvalue weighted by Gasteiger charge is -2.35. The van der Waals surface area contributed by atoms with E-state index in [1.807, 2.05) is 0 Å². The molecule has 4 atom stereocenters. The predicted molar refractivity (Wildman–Crippen MR) is 90.4 cm³/mol. The van der Waals surface area contributed by atoms with Gasteiger partial charge in [0.2, 0.25) is 0 Å². The summed E-state index contributed by atoms with van der Waals surface area (Å²) in [6.45, 7) is 5.78. The van der Waals surface area contributed by atoms with Crippen molar-refractivity contribution in [3.8, 4) is 0 Å². The van der Waals surface area contributed by atoms with Gasteiger partial charge in [-0.15, -0.1) is 0 Å². The molecule has 0 unspecified atom stereocenters. The van der Waals surface area contributed by atoms with Crippen LogP contribution in [0.1, 0.15) is 50.4 Å². The van der Waals surface area contributed by atoms with Gasteiger partial charge in [-0.3, -0.25) is 4.79 Å². The van der Waals surface area contributed by atoms with Crippen molar-refractivity contribution >= 4 is 23.5 Å². The molecule has 0 saturated heterocycles. The van der Waals surface area contributed by atoms with Crippen molar-refractivity contribution in [3.63, 3.8) is 0 Å². The Morgan fingerprint density at radius 3 is 2.71 bits per heavy atom. The van der Waals surface area contributed by atoms with Gasteiger partial charge in [-0.2, -0.15) is 0 Å². The fraction of sp³-hybridized carbons (Fsp3) is 0.556. The molecular formula is C18H23ClFNO3. The summed E-state index contributed by atoms with van der Waals surface area (Å²) in [7, 11) is 0. The third-order valence-corrected chi connectivity index (χ3v) is 5.07. The van der Waals surface area contributed by atoms with Gasteiger partial charge in [-0.05, 0) is 43.4 Å². The van der Waals surface area contributed by atoms with Crippen molar-refractivity contribution in [1.29, 1.82) is 0 Å². The SMILES string of the molecule is C[C@@H]1[C@H](C)CCC[C@H]1NC(=O)[C@@H](C)OC(=O)c1ccc(Cl)cc1F. The van der Waals surface area contributed by atoms with E-state index < -0.39 is 17.9 Å². The first-order chi connectivity index (χ1) is 11.3. The normalized spacial score (nSPS) is 25.0. The van der Waals surface area contributed by atoms with E-state index in [4.69, 9.17) is 16.3 Å². The van der Waals surface area contributed by atoms with Crippen molar-refractivity contribution in [1.82, 2.24) is 5.32 Å². The highest BCUT2D eigenvalue weighted by atomic mass is 35.5. The number of nitrogens with one attached hydrogen (secondary N) is 1. The number of esters is 1. The largest absolute Gasteiger partial charge is 0.449 e. The van der Waals surface area contributed by atoms with Crippen LogP contribution in [0, 0.1) is 17.7 Å². The van der Waals surface area contributed by atoms with Crippen molar-refractivity contribution < 1.29 is 18.7 Å². The average Bonchev–Trinajstić information content (AvgIpc) is 2.51. The van der Waals surface area contributed by atoms with Crippen LogP contribution in [-0.4, -0.2) is 24.0 Å². The van der Waals surface area contributed by atoms with Crippen LogP contribution in [0.5, 0.6) is 0 Å². The van der Waals surface area contributed by atoms with Gasteiger partial charge in [0.05, 0.1) is 5.56 Å². The monoisotopic (exact) mass is 355 g/mol. The molecule has 0 aromatic heterocycles.